The smallest absolute Gasteiger partial charge is 0.231 e. The van der Waals surface area contributed by atoms with Gasteiger partial charge >= 0.3 is 0 Å². The number of ketones is 1. The highest BCUT2D eigenvalue weighted by Gasteiger charge is 2.16. The molecule has 18 heavy (non-hydrogen) atoms. The van der Waals surface area contributed by atoms with Gasteiger partial charge < -0.3 is 14.8 Å². The molecule has 0 aliphatic rings. The summed E-state index contributed by atoms with van der Waals surface area (Å²) in [5, 5.41) is 12.3. The maximum absolute atomic E-state index is 11.9. The molecule has 0 atom stereocenters. The van der Waals surface area contributed by atoms with Crippen LogP contribution in [0.1, 0.15) is 23.0 Å². The van der Waals surface area contributed by atoms with Crippen LogP contribution in [0.2, 0.25) is 0 Å². The van der Waals surface area contributed by atoms with Crippen molar-refractivity contribution >= 4 is 17.4 Å². The van der Waals surface area contributed by atoms with Gasteiger partial charge in [-0.15, -0.1) is 0 Å². The van der Waals surface area contributed by atoms with Crippen molar-refractivity contribution in [1.82, 2.24) is 0 Å². The number of amides is 1. The molecule has 1 aromatic carbocycles. The average Bonchev–Trinajstić information content (AvgIpc) is 2.80. The Labute approximate surface area is 103 Å². The van der Waals surface area contributed by atoms with Crippen molar-refractivity contribution in [2.45, 2.75) is 6.92 Å². The van der Waals surface area contributed by atoms with Crippen LogP contribution in [0.3, 0.4) is 0 Å². The van der Waals surface area contributed by atoms with Crippen LogP contribution in [0, 0.1) is 0 Å². The molecule has 1 heterocycles. The van der Waals surface area contributed by atoms with Gasteiger partial charge in [0, 0.05) is 18.7 Å². The van der Waals surface area contributed by atoms with E-state index < -0.39 is 5.78 Å². The van der Waals surface area contributed by atoms with Gasteiger partial charge in [-0.25, -0.2) is 0 Å². The molecule has 5 nitrogen and oxygen atoms in total. The normalized spacial score (nSPS) is 10.1. The SMILES string of the molecule is CC(=O)Nc1ccc(C(=O)c2ccco2)c(O)c1. The van der Waals surface area contributed by atoms with Crippen LogP contribution < -0.4 is 5.32 Å². The van der Waals surface area contributed by atoms with Crippen LogP contribution in [-0.4, -0.2) is 16.8 Å². The van der Waals surface area contributed by atoms with E-state index in [4.69, 9.17) is 4.42 Å². The number of carbonyl (C=O) groups is 2. The second-order valence-corrected chi connectivity index (χ2v) is 3.72. The fourth-order valence-electron chi connectivity index (χ4n) is 1.55. The van der Waals surface area contributed by atoms with Gasteiger partial charge in [0.2, 0.25) is 11.7 Å². The zero-order chi connectivity index (χ0) is 13.1. The minimum atomic E-state index is -0.410. The van der Waals surface area contributed by atoms with Crippen molar-refractivity contribution in [1.29, 1.82) is 0 Å². The predicted molar refractivity (Wildman–Crippen MR) is 64.6 cm³/mol. The Bertz CT molecular complexity index is 587. The summed E-state index contributed by atoms with van der Waals surface area (Å²) >= 11 is 0. The molecule has 0 spiro atoms. The fraction of sp³-hybridized carbons (Fsp3) is 0.0769. The number of carbonyl (C=O) groups excluding carboxylic acids is 2. The monoisotopic (exact) mass is 245 g/mol. The number of hydrogen-bond acceptors (Lipinski definition) is 4. The van der Waals surface area contributed by atoms with Crippen LogP contribution >= 0.6 is 0 Å². The first-order valence-corrected chi connectivity index (χ1v) is 5.27. The molecule has 2 aromatic rings. The Morgan fingerprint density at radius 3 is 2.61 bits per heavy atom. The molecule has 0 saturated heterocycles. The number of furan rings is 1. The number of benzene rings is 1. The molecule has 2 rings (SSSR count). The topological polar surface area (TPSA) is 79.5 Å². The van der Waals surface area contributed by atoms with E-state index in [-0.39, 0.29) is 23.0 Å². The summed E-state index contributed by atoms with van der Waals surface area (Å²) in [7, 11) is 0. The van der Waals surface area contributed by atoms with Crippen LogP contribution in [0.15, 0.2) is 41.0 Å². The Morgan fingerprint density at radius 1 is 1.28 bits per heavy atom. The quantitative estimate of drug-likeness (QED) is 0.812. The first-order valence-electron chi connectivity index (χ1n) is 5.27. The van der Waals surface area contributed by atoms with Crippen LogP contribution in [0.4, 0.5) is 5.69 Å². The number of nitrogens with one attached hydrogen (secondary N) is 1. The third-order valence-electron chi connectivity index (χ3n) is 2.31. The molecule has 0 bridgehead atoms. The van der Waals surface area contributed by atoms with Gasteiger partial charge in [0.15, 0.2) is 5.76 Å². The summed E-state index contributed by atoms with van der Waals surface area (Å²) in [5.74, 6) is -0.716. The molecule has 0 radical (unpaired) electrons. The lowest BCUT2D eigenvalue weighted by atomic mass is 10.1. The molecule has 0 aliphatic heterocycles. The fourth-order valence-corrected chi connectivity index (χ4v) is 1.55. The van der Waals surface area contributed by atoms with E-state index in [1.807, 2.05) is 0 Å². The van der Waals surface area contributed by atoms with Gasteiger partial charge in [0.1, 0.15) is 5.75 Å². The lowest BCUT2D eigenvalue weighted by molar-refractivity contribution is -0.114. The molecule has 5 heteroatoms. The van der Waals surface area contributed by atoms with Gasteiger partial charge in [0.25, 0.3) is 0 Å². The third kappa shape index (κ3) is 2.40. The summed E-state index contributed by atoms with van der Waals surface area (Å²) in [6.07, 6.45) is 1.38. The first kappa shape index (κ1) is 11.9. The zero-order valence-corrected chi connectivity index (χ0v) is 9.64. The second-order valence-electron chi connectivity index (χ2n) is 3.72. The standard InChI is InChI=1S/C13H11NO4/c1-8(15)14-9-4-5-10(11(16)7-9)13(17)12-3-2-6-18-12/h2-7,16H,1H3,(H,14,15). The summed E-state index contributed by atoms with van der Waals surface area (Å²) in [4.78, 5) is 22.8. The number of phenolic OH excluding ortho intramolecular Hbond substituents is 1. The van der Waals surface area contributed by atoms with Gasteiger partial charge in [-0.05, 0) is 24.3 Å². The number of phenols is 1. The Balaban J connectivity index is 2.30. The summed E-state index contributed by atoms with van der Waals surface area (Å²) in [5.41, 5.74) is 0.551. The van der Waals surface area contributed by atoms with E-state index in [1.54, 1.807) is 6.07 Å². The molecule has 0 unspecified atom stereocenters. The molecule has 1 amide bonds. The lowest BCUT2D eigenvalue weighted by Gasteiger charge is -2.05. The first-order chi connectivity index (χ1) is 8.58. The molecule has 92 valence electrons. The Morgan fingerprint density at radius 2 is 2.06 bits per heavy atom. The van der Waals surface area contributed by atoms with Gasteiger partial charge in [0.05, 0.1) is 11.8 Å². The molecular formula is C13H11NO4. The average molecular weight is 245 g/mol. The second kappa shape index (κ2) is 4.75. The van der Waals surface area contributed by atoms with E-state index in [0.717, 1.165) is 0 Å². The van der Waals surface area contributed by atoms with Gasteiger partial charge in [-0.3, -0.25) is 9.59 Å². The van der Waals surface area contributed by atoms with Crippen molar-refractivity contribution in [2.75, 3.05) is 5.32 Å². The lowest BCUT2D eigenvalue weighted by Crippen LogP contribution is -2.06. The molecule has 0 saturated carbocycles. The summed E-state index contributed by atoms with van der Waals surface area (Å²) < 4.78 is 4.97. The van der Waals surface area contributed by atoms with Crippen molar-refractivity contribution in [2.24, 2.45) is 0 Å². The van der Waals surface area contributed by atoms with Crippen LogP contribution in [0.25, 0.3) is 0 Å². The van der Waals surface area contributed by atoms with Crippen molar-refractivity contribution in [3.8, 4) is 5.75 Å². The van der Waals surface area contributed by atoms with Gasteiger partial charge in [-0.2, -0.15) is 0 Å². The highest BCUT2D eigenvalue weighted by Crippen LogP contribution is 2.24. The maximum Gasteiger partial charge on any atom is 0.231 e. The van der Waals surface area contributed by atoms with E-state index in [2.05, 4.69) is 5.32 Å². The maximum atomic E-state index is 11.9. The van der Waals surface area contributed by atoms with E-state index in [0.29, 0.717) is 5.69 Å². The van der Waals surface area contributed by atoms with Gasteiger partial charge in [-0.1, -0.05) is 0 Å². The van der Waals surface area contributed by atoms with E-state index in [1.165, 1.54) is 37.5 Å². The number of rotatable bonds is 3. The minimum absolute atomic E-state index is 0.124. The zero-order valence-electron chi connectivity index (χ0n) is 9.64. The van der Waals surface area contributed by atoms with E-state index in [9.17, 15) is 14.7 Å². The van der Waals surface area contributed by atoms with E-state index >= 15 is 0 Å². The minimum Gasteiger partial charge on any atom is -0.507 e. The number of hydrogen-bond donors (Lipinski definition) is 2. The molecule has 2 N–H and O–H groups in total. The van der Waals surface area contributed by atoms with Crippen molar-refractivity contribution in [3.05, 3.63) is 47.9 Å². The van der Waals surface area contributed by atoms with Crippen molar-refractivity contribution in [3.63, 3.8) is 0 Å². The molecule has 1 aromatic heterocycles. The van der Waals surface area contributed by atoms with Crippen molar-refractivity contribution < 1.29 is 19.1 Å². The van der Waals surface area contributed by atoms with Crippen LogP contribution in [-0.2, 0) is 4.79 Å². The van der Waals surface area contributed by atoms with Crippen LogP contribution in [0.5, 0.6) is 5.75 Å². The molecular weight excluding hydrogens is 234 g/mol. The highest BCUT2D eigenvalue weighted by molar-refractivity contribution is 6.09. The molecule has 0 aliphatic carbocycles. The Kier molecular flexibility index (Phi) is 3.14. The Hall–Kier alpha value is -2.56. The molecule has 0 fully saturated rings. The largest absolute Gasteiger partial charge is 0.507 e. The number of aromatic hydroxyl groups is 1. The highest BCUT2D eigenvalue weighted by atomic mass is 16.3. The summed E-state index contributed by atoms with van der Waals surface area (Å²) in [6.45, 7) is 1.36. The number of anilines is 1. The predicted octanol–water partition coefficient (Wildman–Crippen LogP) is 2.17. The third-order valence-corrected chi connectivity index (χ3v) is 2.31. The summed E-state index contributed by atoms with van der Waals surface area (Å²) in [6, 6.07) is 7.40.